The summed E-state index contributed by atoms with van der Waals surface area (Å²) in [4.78, 5) is 0. The summed E-state index contributed by atoms with van der Waals surface area (Å²) in [7, 11) is 1.91. The van der Waals surface area contributed by atoms with E-state index < -0.39 is 0 Å². The zero-order chi connectivity index (χ0) is 8.53. The van der Waals surface area contributed by atoms with Gasteiger partial charge in [0.05, 0.1) is 0 Å². The fourth-order valence-electron chi connectivity index (χ4n) is 0.777. The van der Waals surface area contributed by atoms with E-state index in [9.17, 15) is 0 Å². The molecule has 66 valence electrons. The van der Waals surface area contributed by atoms with Crippen LogP contribution in [0.4, 0.5) is 0 Å². The monoisotopic (exact) mass is 156 g/mol. The van der Waals surface area contributed by atoms with Crippen molar-refractivity contribution in [3.8, 4) is 0 Å². The van der Waals surface area contributed by atoms with Crippen molar-refractivity contribution < 1.29 is 0 Å². The summed E-state index contributed by atoms with van der Waals surface area (Å²) in [5, 5.41) is 6.32. The molecule has 11 heavy (non-hydrogen) atoms. The predicted octanol–water partition coefficient (Wildman–Crippen LogP) is 1.36. The second-order valence-electron chi connectivity index (χ2n) is 3.08. The normalized spacial score (nSPS) is 11.3. The van der Waals surface area contributed by atoms with Crippen LogP contribution in [0.15, 0.2) is 12.3 Å². The first-order valence-electron chi connectivity index (χ1n) is 4.30. The molecule has 0 rings (SSSR count). The second-order valence-corrected chi connectivity index (χ2v) is 3.08. The van der Waals surface area contributed by atoms with Gasteiger partial charge in [-0.3, -0.25) is 0 Å². The Morgan fingerprint density at radius 3 is 2.64 bits per heavy atom. The number of nitrogens with one attached hydrogen (secondary N) is 2. The topological polar surface area (TPSA) is 24.1 Å². The highest BCUT2D eigenvalue weighted by molar-refractivity contribution is 4.78. The van der Waals surface area contributed by atoms with Crippen LogP contribution in [0, 0.1) is 5.92 Å². The van der Waals surface area contributed by atoms with Gasteiger partial charge in [-0.15, -0.1) is 0 Å². The Morgan fingerprint density at radius 1 is 1.36 bits per heavy atom. The van der Waals surface area contributed by atoms with Gasteiger partial charge in [-0.1, -0.05) is 19.9 Å². The molecule has 2 heteroatoms. The Bertz CT molecular complexity index is 97.7. The van der Waals surface area contributed by atoms with E-state index in [-0.39, 0.29) is 0 Å². The van der Waals surface area contributed by atoms with Crippen LogP contribution in [-0.2, 0) is 0 Å². The van der Waals surface area contributed by atoms with E-state index in [0.717, 1.165) is 25.4 Å². The molecule has 0 fully saturated rings. The lowest BCUT2D eigenvalue weighted by molar-refractivity contribution is 0.556. The van der Waals surface area contributed by atoms with Crippen molar-refractivity contribution in [3.05, 3.63) is 12.3 Å². The fourth-order valence-corrected chi connectivity index (χ4v) is 0.777. The molecule has 0 aromatic heterocycles. The maximum Gasteiger partial charge on any atom is 0.00276 e. The molecule has 0 radical (unpaired) electrons. The van der Waals surface area contributed by atoms with Gasteiger partial charge in [0.1, 0.15) is 0 Å². The second kappa shape index (κ2) is 7.61. The summed E-state index contributed by atoms with van der Waals surface area (Å²) in [6.07, 6.45) is 5.21. The molecule has 0 saturated heterocycles. The Kier molecular flexibility index (Phi) is 7.26. The van der Waals surface area contributed by atoms with Crippen LogP contribution in [0.5, 0.6) is 0 Å². The molecule has 0 saturated carbocycles. The van der Waals surface area contributed by atoms with Gasteiger partial charge in [0.15, 0.2) is 0 Å². The molecule has 0 aliphatic rings. The van der Waals surface area contributed by atoms with E-state index in [1.807, 2.05) is 13.2 Å². The lowest BCUT2D eigenvalue weighted by atomic mass is 10.2. The Morgan fingerprint density at radius 2 is 2.09 bits per heavy atom. The van der Waals surface area contributed by atoms with Crippen molar-refractivity contribution in [1.82, 2.24) is 10.6 Å². The summed E-state index contributed by atoms with van der Waals surface area (Å²) in [6, 6.07) is 0. The minimum Gasteiger partial charge on any atom is -0.394 e. The summed E-state index contributed by atoms with van der Waals surface area (Å²) >= 11 is 0. The van der Waals surface area contributed by atoms with Crippen LogP contribution in [0.3, 0.4) is 0 Å². The molecule has 2 nitrogen and oxygen atoms in total. The van der Waals surface area contributed by atoms with E-state index in [2.05, 4.69) is 30.6 Å². The number of hydrogen-bond donors (Lipinski definition) is 2. The molecular weight excluding hydrogens is 136 g/mol. The average Bonchev–Trinajstić information content (AvgIpc) is 1.96. The molecule has 2 N–H and O–H groups in total. The maximum absolute atomic E-state index is 3.36. The SMILES string of the molecule is CN/C=C/CCNCC(C)C. The smallest absolute Gasteiger partial charge is 0.00276 e. The number of hydrogen-bond acceptors (Lipinski definition) is 2. The first-order valence-corrected chi connectivity index (χ1v) is 4.30. The van der Waals surface area contributed by atoms with E-state index in [0.29, 0.717) is 0 Å². The highest BCUT2D eigenvalue weighted by atomic mass is 14.8. The zero-order valence-electron chi connectivity index (χ0n) is 7.85. The molecule has 0 heterocycles. The standard InChI is InChI=1S/C9H20N2/c1-9(2)8-11-7-5-4-6-10-3/h4,6,9-11H,5,7-8H2,1-3H3/b6-4+. The van der Waals surface area contributed by atoms with Gasteiger partial charge >= 0.3 is 0 Å². The molecule has 0 aromatic carbocycles. The highest BCUT2D eigenvalue weighted by Crippen LogP contribution is 1.87. The van der Waals surface area contributed by atoms with Gasteiger partial charge in [0.2, 0.25) is 0 Å². The van der Waals surface area contributed by atoms with E-state index in [1.54, 1.807) is 0 Å². The highest BCUT2D eigenvalue weighted by Gasteiger charge is 1.89. The maximum atomic E-state index is 3.36. The Labute approximate surface area is 70.1 Å². The quantitative estimate of drug-likeness (QED) is 0.567. The van der Waals surface area contributed by atoms with Gasteiger partial charge in [-0.25, -0.2) is 0 Å². The molecule has 0 spiro atoms. The summed E-state index contributed by atoms with van der Waals surface area (Å²) in [5.41, 5.74) is 0. The lowest BCUT2D eigenvalue weighted by Crippen LogP contribution is -2.20. The van der Waals surface area contributed by atoms with Crippen LogP contribution in [-0.4, -0.2) is 20.1 Å². The van der Waals surface area contributed by atoms with Crippen molar-refractivity contribution >= 4 is 0 Å². The van der Waals surface area contributed by atoms with Crippen molar-refractivity contribution in [3.63, 3.8) is 0 Å². The summed E-state index contributed by atoms with van der Waals surface area (Å²) in [6.45, 7) is 6.64. The molecule has 0 atom stereocenters. The summed E-state index contributed by atoms with van der Waals surface area (Å²) < 4.78 is 0. The van der Waals surface area contributed by atoms with E-state index >= 15 is 0 Å². The summed E-state index contributed by atoms with van der Waals surface area (Å²) in [5.74, 6) is 0.753. The van der Waals surface area contributed by atoms with Crippen LogP contribution in [0.25, 0.3) is 0 Å². The molecular formula is C9H20N2. The van der Waals surface area contributed by atoms with Gasteiger partial charge in [-0.05, 0) is 31.6 Å². The van der Waals surface area contributed by atoms with Crippen molar-refractivity contribution in [2.24, 2.45) is 5.92 Å². The molecule has 0 unspecified atom stereocenters. The van der Waals surface area contributed by atoms with E-state index in [4.69, 9.17) is 0 Å². The van der Waals surface area contributed by atoms with Crippen LogP contribution in [0.2, 0.25) is 0 Å². The molecule has 0 amide bonds. The van der Waals surface area contributed by atoms with Crippen molar-refractivity contribution in [1.29, 1.82) is 0 Å². The minimum absolute atomic E-state index is 0.753. The molecule has 0 aromatic rings. The van der Waals surface area contributed by atoms with Gasteiger partial charge in [-0.2, -0.15) is 0 Å². The lowest BCUT2D eigenvalue weighted by Gasteiger charge is -2.04. The average molecular weight is 156 g/mol. The van der Waals surface area contributed by atoms with Crippen LogP contribution < -0.4 is 10.6 Å². The Hall–Kier alpha value is -0.500. The zero-order valence-corrected chi connectivity index (χ0v) is 7.85. The molecule has 0 aliphatic heterocycles. The van der Waals surface area contributed by atoms with Crippen molar-refractivity contribution in [2.45, 2.75) is 20.3 Å². The Balaban J connectivity index is 2.96. The van der Waals surface area contributed by atoms with Crippen LogP contribution >= 0.6 is 0 Å². The fraction of sp³-hybridized carbons (Fsp3) is 0.778. The third-order valence-corrected chi connectivity index (χ3v) is 1.32. The third kappa shape index (κ3) is 9.50. The van der Waals surface area contributed by atoms with Gasteiger partial charge < -0.3 is 10.6 Å². The largest absolute Gasteiger partial charge is 0.394 e. The first-order chi connectivity index (χ1) is 5.27. The molecule has 0 bridgehead atoms. The minimum atomic E-state index is 0.753. The van der Waals surface area contributed by atoms with Crippen LogP contribution in [0.1, 0.15) is 20.3 Å². The van der Waals surface area contributed by atoms with Crippen molar-refractivity contribution in [2.75, 3.05) is 20.1 Å². The van der Waals surface area contributed by atoms with Gasteiger partial charge in [0, 0.05) is 7.05 Å². The van der Waals surface area contributed by atoms with Gasteiger partial charge in [0.25, 0.3) is 0 Å². The molecule has 0 aliphatic carbocycles. The predicted molar refractivity (Wildman–Crippen MR) is 50.5 cm³/mol. The third-order valence-electron chi connectivity index (χ3n) is 1.32. The van der Waals surface area contributed by atoms with E-state index in [1.165, 1.54) is 0 Å². The number of rotatable bonds is 6. The first kappa shape index (κ1) is 10.5.